The molecule has 1 N–H and O–H groups in total. The molecule has 1 fully saturated rings. The van der Waals surface area contributed by atoms with Gasteiger partial charge in [-0.1, -0.05) is 0 Å². The Bertz CT molecular complexity index is 637. The van der Waals surface area contributed by atoms with Crippen molar-refractivity contribution in [2.45, 2.75) is 30.3 Å². The molecule has 2 aromatic rings. The third-order valence-electron chi connectivity index (χ3n) is 4.30. The molecule has 0 bridgehead atoms. The summed E-state index contributed by atoms with van der Waals surface area (Å²) in [4.78, 5) is 7.44. The molecule has 0 amide bonds. The lowest BCUT2D eigenvalue weighted by atomic mass is 10.0. The van der Waals surface area contributed by atoms with Crippen LogP contribution in [0.15, 0.2) is 53.7 Å². The molecule has 5 heteroatoms. The van der Waals surface area contributed by atoms with Crippen LogP contribution < -0.4 is 5.32 Å². The quantitative estimate of drug-likeness (QED) is 0.916. The molecule has 4 nitrogen and oxygen atoms in total. The summed E-state index contributed by atoms with van der Waals surface area (Å²) in [5.41, 5.74) is 2.45. The fourth-order valence-corrected chi connectivity index (χ4v) is 3.48. The Morgan fingerprint density at radius 2 is 1.78 bits per heavy atom. The van der Waals surface area contributed by atoms with Gasteiger partial charge in [-0.3, -0.25) is 14.1 Å². The molecule has 23 heavy (non-hydrogen) atoms. The van der Waals surface area contributed by atoms with Crippen LogP contribution in [-0.4, -0.2) is 39.5 Å². The molecule has 0 saturated carbocycles. The van der Waals surface area contributed by atoms with Crippen LogP contribution in [0.4, 0.5) is 5.69 Å². The molecule has 1 aromatic carbocycles. The standard InChI is InChI=1S/C18H23N3OS/c1-23(22)18-4-2-16(3-5-18)20-17-8-12-21(13-9-17)14-15-6-10-19-11-7-15/h2-7,10-11,17,20H,8-9,12-14H2,1H3/t23-/m0/s1. The largest absolute Gasteiger partial charge is 0.382 e. The van der Waals surface area contributed by atoms with Crippen molar-refractivity contribution >= 4 is 16.5 Å². The van der Waals surface area contributed by atoms with Gasteiger partial charge in [0, 0.05) is 65.7 Å². The first kappa shape index (κ1) is 16.1. The Morgan fingerprint density at radius 3 is 2.39 bits per heavy atom. The van der Waals surface area contributed by atoms with E-state index in [2.05, 4.69) is 27.3 Å². The Balaban J connectivity index is 1.48. The summed E-state index contributed by atoms with van der Waals surface area (Å²) in [6.07, 6.45) is 7.72. The van der Waals surface area contributed by atoms with Gasteiger partial charge in [0.25, 0.3) is 0 Å². The van der Waals surface area contributed by atoms with Crippen molar-refractivity contribution in [3.8, 4) is 0 Å². The summed E-state index contributed by atoms with van der Waals surface area (Å²) in [5, 5.41) is 3.60. The maximum absolute atomic E-state index is 11.4. The van der Waals surface area contributed by atoms with Crippen molar-refractivity contribution in [1.82, 2.24) is 9.88 Å². The molecule has 0 radical (unpaired) electrons. The number of nitrogens with one attached hydrogen (secondary N) is 1. The van der Waals surface area contributed by atoms with Gasteiger partial charge in [-0.05, 0) is 54.8 Å². The molecule has 1 saturated heterocycles. The Morgan fingerprint density at radius 1 is 1.13 bits per heavy atom. The predicted molar refractivity (Wildman–Crippen MR) is 94.9 cm³/mol. The summed E-state index contributed by atoms with van der Waals surface area (Å²) in [7, 11) is -0.907. The first-order chi connectivity index (χ1) is 11.2. The predicted octanol–water partition coefficient (Wildman–Crippen LogP) is 2.90. The van der Waals surface area contributed by atoms with E-state index in [1.807, 2.05) is 36.7 Å². The number of pyridine rings is 1. The van der Waals surface area contributed by atoms with Crippen molar-refractivity contribution in [3.63, 3.8) is 0 Å². The zero-order chi connectivity index (χ0) is 16.1. The normalized spacial score (nSPS) is 17.8. The van der Waals surface area contributed by atoms with E-state index in [9.17, 15) is 4.21 Å². The summed E-state index contributed by atoms with van der Waals surface area (Å²) in [6, 6.07) is 12.6. The first-order valence-corrected chi connectivity index (χ1v) is 9.58. The number of piperidine rings is 1. The lowest BCUT2D eigenvalue weighted by molar-refractivity contribution is 0.211. The highest BCUT2D eigenvalue weighted by Crippen LogP contribution is 2.19. The van der Waals surface area contributed by atoms with Gasteiger partial charge < -0.3 is 5.32 Å². The smallest absolute Gasteiger partial charge is 0.0498 e. The average molecular weight is 329 g/mol. The zero-order valence-electron chi connectivity index (χ0n) is 13.4. The van der Waals surface area contributed by atoms with Gasteiger partial charge in [0.2, 0.25) is 0 Å². The third-order valence-corrected chi connectivity index (χ3v) is 5.24. The number of hydrogen-bond acceptors (Lipinski definition) is 4. The molecule has 2 heterocycles. The minimum Gasteiger partial charge on any atom is -0.382 e. The molecule has 1 atom stereocenters. The zero-order valence-corrected chi connectivity index (χ0v) is 14.3. The minimum absolute atomic E-state index is 0.515. The van der Waals surface area contributed by atoms with Crippen LogP contribution in [0.25, 0.3) is 0 Å². The van der Waals surface area contributed by atoms with Crippen LogP contribution in [0.1, 0.15) is 18.4 Å². The van der Waals surface area contributed by atoms with Crippen LogP contribution in [-0.2, 0) is 17.3 Å². The van der Waals surface area contributed by atoms with Crippen molar-refractivity contribution in [1.29, 1.82) is 0 Å². The number of anilines is 1. The van der Waals surface area contributed by atoms with Gasteiger partial charge >= 0.3 is 0 Å². The fraction of sp³-hybridized carbons (Fsp3) is 0.389. The highest BCUT2D eigenvalue weighted by Gasteiger charge is 2.19. The number of rotatable bonds is 5. The van der Waals surface area contributed by atoms with E-state index in [4.69, 9.17) is 0 Å². The molecule has 1 aromatic heterocycles. The molecule has 0 spiro atoms. The third kappa shape index (κ3) is 4.62. The Labute approximate surface area is 140 Å². The molecule has 0 aliphatic carbocycles. The highest BCUT2D eigenvalue weighted by molar-refractivity contribution is 7.84. The summed E-state index contributed by atoms with van der Waals surface area (Å²) in [5.74, 6) is 0. The van der Waals surface area contributed by atoms with Gasteiger partial charge in [0.05, 0.1) is 0 Å². The molecule has 3 rings (SSSR count). The van der Waals surface area contributed by atoms with Gasteiger partial charge in [-0.15, -0.1) is 0 Å². The summed E-state index contributed by atoms with van der Waals surface area (Å²) in [6.45, 7) is 3.22. The van der Waals surface area contributed by atoms with E-state index in [-0.39, 0.29) is 0 Å². The average Bonchev–Trinajstić information content (AvgIpc) is 2.58. The number of nitrogens with zero attached hydrogens (tertiary/aromatic N) is 2. The van der Waals surface area contributed by atoms with Gasteiger partial charge in [-0.25, -0.2) is 0 Å². The maximum atomic E-state index is 11.4. The van der Waals surface area contributed by atoms with Crippen LogP contribution in [0.3, 0.4) is 0 Å². The number of hydrogen-bond donors (Lipinski definition) is 1. The van der Waals surface area contributed by atoms with E-state index < -0.39 is 10.8 Å². The van der Waals surface area contributed by atoms with Gasteiger partial charge in [0.1, 0.15) is 0 Å². The van der Waals surface area contributed by atoms with Crippen LogP contribution >= 0.6 is 0 Å². The van der Waals surface area contributed by atoms with E-state index in [0.29, 0.717) is 6.04 Å². The SMILES string of the molecule is C[S@](=O)c1ccc(NC2CCN(Cc3ccncc3)CC2)cc1. The number of benzene rings is 1. The van der Waals surface area contributed by atoms with E-state index in [1.54, 1.807) is 6.26 Å². The summed E-state index contributed by atoms with van der Waals surface area (Å²) >= 11 is 0. The molecule has 1 aliphatic heterocycles. The Hall–Kier alpha value is -1.72. The van der Waals surface area contributed by atoms with E-state index in [1.165, 1.54) is 5.56 Å². The molecular weight excluding hydrogens is 306 g/mol. The van der Waals surface area contributed by atoms with E-state index >= 15 is 0 Å². The molecule has 1 aliphatic rings. The van der Waals surface area contributed by atoms with Crippen LogP contribution in [0, 0.1) is 0 Å². The molecule has 0 unspecified atom stereocenters. The van der Waals surface area contributed by atoms with Crippen molar-refractivity contribution in [3.05, 3.63) is 54.4 Å². The topological polar surface area (TPSA) is 45.2 Å². The second kappa shape index (κ2) is 7.70. The highest BCUT2D eigenvalue weighted by atomic mass is 32.2. The fourth-order valence-electron chi connectivity index (χ4n) is 2.96. The van der Waals surface area contributed by atoms with Gasteiger partial charge in [0.15, 0.2) is 0 Å². The van der Waals surface area contributed by atoms with Crippen molar-refractivity contribution < 1.29 is 4.21 Å². The number of likely N-dealkylation sites (tertiary alicyclic amines) is 1. The second-order valence-electron chi connectivity index (χ2n) is 6.03. The number of aromatic nitrogens is 1. The maximum Gasteiger partial charge on any atom is 0.0498 e. The molecular formula is C18H23N3OS. The van der Waals surface area contributed by atoms with E-state index in [0.717, 1.165) is 43.1 Å². The van der Waals surface area contributed by atoms with Crippen molar-refractivity contribution in [2.75, 3.05) is 24.7 Å². The first-order valence-electron chi connectivity index (χ1n) is 8.02. The Kier molecular flexibility index (Phi) is 5.41. The second-order valence-corrected chi connectivity index (χ2v) is 7.41. The molecule has 122 valence electrons. The monoisotopic (exact) mass is 329 g/mol. The van der Waals surface area contributed by atoms with Crippen molar-refractivity contribution in [2.24, 2.45) is 0 Å². The summed E-state index contributed by atoms with van der Waals surface area (Å²) < 4.78 is 11.4. The van der Waals surface area contributed by atoms with Crippen LogP contribution in [0.2, 0.25) is 0 Å². The van der Waals surface area contributed by atoms with Crippen LogP contribution in [0.5, 0.6) is 0 Å². The minimum atomic E-state index is -0.907. The lowest BCUT2D eigenvalue weighted by Crippen LogP contribution is -2.38. The lowest BCUT2D eigenvalue weighted by Gasteiger charge is -2.32. The van der Waals surface area contributed by atoms with Gasteiger partial charge in [-0.2, -0.15) is 0 Å².